The van der Waals surface area contributed by atoms with Gasteiger partial charge in [0.1, 0.15) is 34.5 Å². The number of nitrogens with one attached hydrogen (secondary N) is 1. The summed E-state index contributed by atoms with van der Waals surface area (Å²) in [6.07, 6.45) is 0. The van der Waals surface area contributed by atoms with Crippen LogP contribution in [-0.2, 0) is 9.59 Å². The molecular formula is C19H20ClN3NaO6S. The summed E-state index contributed by atoms with van der Waals surface area (Å²) in [5.41, 5.74) is 1.03. The Balaban J connectivity index is 0.00000171. The van der Waals surface area contributed by atoms with Crippen LogP contribution in [0.15, 0.2) is 28.8 Å². The Bertz CT molecular complexity index is 1050. The molecular weight excluding hydrogens is 457 g/mol. The summed E-state index contributed by atoms with van der Waals surface area (Å²) < 4.78 is 4.54. The van der Waals surface area contributed by atoms with E-state index >= 15 is 0 Å². The third-order valence-corrected chi connectivity index (χ3v) is 7.08. The van der Waals surface area contributed by atoms with Crippen molar-refractivity contribution in [3.8, 4) is 11.3 Å². The maximum atomic E-state index is 13.0. The standard InChI is InChI=1S/C19H18ClN3O5S.Na.H2O/c1-8-11(12(22-28-8)9-6-4-5-7-10(9)20)15(24)21-13-16(25)23-14(18(26)27)19(2,3)29-17(13)23;;/h4-7,13-14,17H,1-3H3,(H,21,24)(H,26,27);;1H2/t13-,14+,17-;;/m1../s1. The maximum absolute atomic E-state index is 13.0. The molecule has 1 aromatic heterocycles. The van der Waals surface area contributed by atoms with Crippen molar-refractivity contribution in [2.45, 2.75) is 43.0 Å². The molecule has 2 aliphatic rings. The third-order valence-electron chi connectivity index (χ3n) is 5.18. The molecule has 3 atom stereocenters. The molecule has 4 N–H and O–H groups in total. The van der Waals surface area contributed by atoms with Crippen molar-refractivity contribution < 1.29 is 29.5 Å². The van der Waals surface area contributed by atoms with Crippen molar-refractivity contribution in [1.82, 2.24) is 15.4 Å². The number of aromatic nitrogens is 1. The van der Waals surface area contributed by atoms with Crippen LogP contribution in [-0.4, -0.2) is 90.2 Å². The first-order chi connectivity index (χ1) is 13.6. The zero-order chi connectivity index (χ0) is 21.1. The Hall–Kier alpha value is -1.56. The van der Waals surface area contributed by atoms with Gasteiger partial charge in [-0.15, -0.1) is 11.8 Å². The van der Waals surface area contributed by atoms with Crippen molar-refractivity contribution in [3.05, 3.63) is 40.6 Å². The molecule has 1 aromatic carbocycles. The number of benzene rings is 1. The van der Waals surface area contributed by atoms with Gasteiger partial charge in [-0.1, -0.05) is 35.0 Å². The fourth-order valence-electron chi connectivity index (χ4n) is 3.84. The zero-order valence-electron chi connectivity index (χ0n) is 17.3. The first-order valence-electron chi connectivity index (χ1n) is 8.88. The van der Waals surface area contributed by atoms with E-state index in [0.29, 0.717) is 16.3 Å². The second kappa shape index (κ2) is 9.13. The average Bonchev–Trinajstić information content (AvgIpc) is 3.15. The van der Waals surface area contributed by atoms with Gasteiger partial charge in [0.05, 0.1) is 5.02 Å². The predicted octanol–water partition coefficient (Wildman–Crippen LogP) is 1.34. The number of hydrogen-bond donors (Lipinski definition) is 2. The molecule has 2 amide bonds. The number of aryl methyl sites for hydroxylation is 1. The van der Waals surface area contributed by atoms with Gasteiger partial charge in [-0.3, -0.25) is 9.59 Å². The molecule has 0 aliphatic carbocycles. The van der Waals surface area contributed by atoms with Crippen LogP contribution in [0.4, 0.5) is 0 Å². The Morgan fingerprint density at radius 1 is 1.32 bits per heavy atom. The van der Waals surface area contributed by atoms with Crippen molar-refractivity contribution in [2.75, 3.05) is 0 Å². The van der Waals surface area contributed by atoms with E-state index in [1.807, 2.05) is 0 Å². The first-order valence-corrected chi connectivity index (χ1v) is 10.1. The summed E-state index contributed by atoms with van der Waals surface area (Å²) in [5, 5.41) is 16.2. The summed E-state index contributed by atoms with van der Waals surface area (Å²) >= 11 is 7.59. The van der Waals surface area contributed by atoms with Crippen LogP contribution in [0.5, 0.6) is 0 Å². The fraction of sp³-hybridized carbons (Fsp3) is 0.368. The number of carbonyl (C=O) groups is 3. The van der Waals surface area contributed by atoms with Gasteiger partial charge in [0, 0.05) is 39.9 Å². The molecule has 2 aromatic rings. The van der Waals surface area contributed by atoms with Gasteiger partial charge in [-0.2, -0.15) is 0 Å². The molecule has 12 heteroatoms. The molecule has 2 fully saturated rings. The van der Waals surface area contributed by atoms with Gasteiger partial charge in [0.2, 0.25) is 5.91 Å². The Kier molecular flexibility index (Phi) is 7.57. The molecule has 161 valence electrons. The number of fused-ring (bicyclic) bond motifs is 1. The summed E-state index contributed by atoms with van der Waals surface area (Å²) in [4.78, 5) is 38.6. The number of hydrogen-bond acceptors (Lipinski definition) is 6. The molecule has 0 saturated carbocycles. The number of carboxylic acid groups (broad SMARTS) is 1. The molecule has 1 radical (unpaired) electrons. The SMILES string of the molecule is Cc1onc(-c2ccccc2Cl)c1C(=O)N[C@@H]1C(=O)N2[C@@H]1SC(C)(C)[C@@H]2C(=O)O.O.[Na]. The summed E-state index contributed by atoms with van der Waals surface area (Å²) in [5.74, 6) is -1.70. The molecule has 31 heavy (non-hydrogen) atoms. The van der Waals surface area contributed by atoms with Crippen LogP contribution in [0.3, 0.4) is 0 Å². The van der Waals surface area contributed by atoms with E-state index in [0.717, 1.165) is 0 Å². The van der Waals surface area contributed by atoms with Crippen LogP contribution in [0.2, 0.25) is 5.02 Å². The van der Waals surface area contributed by atoms with Gasteiger partial charge in [0.25, 0.3) is 5.91 Å². The molecule has 0 bridgehead atoms. The predicted molar refractivity (Wildman–Crippen MR) is 116 cm³/mol. The number of nitrogens with zero attached hydrogens (tertiary/aromatic N) is 2. The van der Waals surface area contributed by atoms with E-state index in [1.54, 1.807) is 45.0 Å². The normalized spacial score (nSPS) is 23.2. The van der Waals surface area contributed by atoms with Gasteiger partial charge in [0.15, 0.2) is 0 Å². The molecule has 0 spiro atoms. The molecule has 2 saturated heterocycles. The van der Waals surface area contributed by atoms with E-state index in [2.05, 4.69) is 10.5 Å². The number of rotatable bonds is 4. The van der Waals surface area contributed by atoms with E-state index in [9.17, 15) is 19.5 Å². The van der Waals surface area contributed by atoms with Crippen LogP contribution in [0, 0.1) is 6.92 Å². The van der Waals surface area contributed by atoms with Crippen molar-refractivity contribution in [1.29, 1.82) is 0 Å². The summed E-state index contributed by atoms with van der Waals surface area (Å²) in [6, 6.07) is 5.18. The largest absolute Gasteiger partial charge is 0.480 e. The minimum atomic E-state index is -1.06. The number of halogens is 1. The summed E-state index contributed by atoms with van der Waals surface area (Å²) in [7, 11) is 0. The summed E-state index contributed by atoms with van der Waals surface area (Å²) in [6.45, 7) is 5.16. The van der Waals surface area contributed by atoms with Crippen molar-refractivity contribution in [2.24, 2.45) is 0 Å². The van der Waals surface area contributed by atoms with Gasteiger partial charge in [-0.05, 0) is 26.8 Å². The van der Waals surface area contributed by atoms with Crippen LogP contribution in [0.25, 0.3) is 11.3 Å². The average molecular weight is 477 g/mol. The number of amides is 2. The Labute approximate surface area is 209 Å². The molecule has 2 aliphatic heterocycles. The number of thioether (sulfide) groups is 1. The second-order valence-electron chi connectivity index (χ2n) is 7.49. The van der Waals surface area contributed by atoms with Gasteiger partial charge < -0.3 is 25.3 Å². The number of β-lactam (4-membered cyclic amide) rings is 1. The van der Waals surface area contributed by atoms with Gasteiger partial charge >= 0.3 is 5.97 Å². The second-order valence-corrected chi connectivity index (χ2v) is 9.67. The monoisotopic (exact) mass is 476 g/mol. The molecule has 4 rings (SSSR count). The van der Waals surface area contributed by atoms with Crippen LogP contribution < -0.4 is 5.32 Å². The minimum Gasteiger partial charge on any atom is -0.480 e. The number of carboxylic acids is 1. The van der Waals surface area contributed by atoms with E-state index < -0.39 is 40.0 Å². The van der Waals surface area contributed by atoms with E-state index in [-0.39, 0.29) is 46.3 Å². The van der Waals surface area contributed by atoms with E-state index in [1.165, 1.54) is 16.7 Å². The zero-order valence-corrected chi connectivity index (χ0v) is 20.9. The maximum Gasteiger partial charge on any atom is 0.327 e. The fourth-order valence-corrected chi connectivity index (χ4v) is 5.69. The molecule has 0 unspecified atom stereocenters. The Morgan fingerprint density at radius 2 is 1.97 bits per heavy atom. The number of carbonyl (C=O) groups excluding carboxylic acids is 2. The van der Waals surface area contributed by atoms with Gasteiger partial charge in [-0.25, -0.2) is 4.79 Å². The van der Waals surface area contributed by atoms with Crippen molar-refractivity contribution in [3.63, 3.8) is 0 Å². The van der Waals surface area contributed by atoms with Crippen LogP contribution >= 0.6 is 23.4 Å². The third kappa shape index (κ3) is 4.12. The number of aliphatic carboxylic acids is 1. The Morgan fingerprint density at radius 3 is 2.58 bits per heavy atom. The van der Waals surface area contributed by atoms with E-state index in [4.69, 9.17) is 16.1 Å². The topological polar surface area (TPSA) is 144 Å². The van der Waals surface area contributed by atoms with Crippen LogP contribution in [0.1, 0.15) is 30.0 Å². The quantitative estimate of drug-likeness (QED) is 0.500. The minimum absolute atomic E-state index is 0. The molecule has 9 nitrogen and oxygen atoms in total. The van der Waals surface area contributed by atoms with Crippen molar-refractivity contribution >= 4 is 70.7 Å². The smallest absolute Gasteiger partial charge is 0.327 e. The molecule has 3 heterocycles. The first kappa shape index (κ1) is 25.7.